The van der Waals surface area contributed by atoms with Crippen molar-refractivity contribution in [1.29, 1.82) is 0 Å². The van der Waals surface area contributed by atoms with Gasteiger partial charge in [-0.15, -0.1) is 0 Å². The van der Waals surface area contributed by atoms with E-state index in [2.05, 4.69) is 27.0 Å². The predicted molar refractivity (Wildman–Crippen MR) is 80.9 cm³/mol. The summed E-state index contributed by atoms with van der Waals surface area (Å²) in [5.74, 6) is 0.304. The summed E-state index contributed by atoms with van der Waals surface area (Å²) in [6.07, 6.45) is 4.28. The van der Waals surface area contributed by atoms with Gasteiger partial charge in [-0.3, -0.25) is 4.98 Å². The Hall–Kier alpha value is -0.570. The Morgan fingerprint density at radius 1 is 1.11 bits per heavy atom. The van der Waals surface area contributed by atoms with E-state index in [0.29, 0.717) is 10.9 Å². The lowest BCUT2D eigenvalue weighted by Crippen LogP contribution is -2.05. The second-order valence-corrected chi connectivity index (χ2v) is 5.51. The standard InChI is InChI=1S/C14H12BrCl2N/c15-8-11(12-3-1-2-4-13(12)16)7-10-5-6-18-9-14(10)17/h1-6,9,11H,7-8H2. The van der Waals surface area contributed by atoms with Crippen molar-refractivity contribution in [2.24, 2.45) is 0 Å². The summed E-state index contributed by atoms with van der Waals surface area (Å²) >= 11 is 15.9. The second kappa shape index (κ2) is 6.55. The summed E-state index contributed by atoms with van der Waals surface area (Å²) in [6, 6.07) is 9.88. The largest absolute Gasteiger partial charge is 0.263 e. The lowest BCUT2D eigenvalue weighted by molar-refractivity contribution is 0.775. The summed E-state index contributed by atoms with van der Waals surface area (Å²) in [4.78, 5) is 4.00. The lowest BCUT2D eigenvalue weighted by Gasteiger charge is -2.16. The van der Waals surface area contributed by atoms with E-state index in [0.717, 1.165) is 27.9 Å². The molecule has 0 aliphatic heterocycles. The van der Waals surface area contributed by atoms with Gasteiger partial charge in [0.15, 0.2) is 0 Å². The molecule has 1 heterocycles. The first-order valence-corrected chi connectivity index (χ1v) is 7.49. The molecule has 1 atom stereocenters. The smallest absolute Gasteiger partial charge is 0.0621 e. The predicted octanol–water partition coefficient (Wildman–Crippen LogP) is 5.11. The Balaban J connectivity index is 2.26. The zero-order chi connectivity index (χ0) is 13.0. The van der Waals surface area contributed by atoms with Crippen molar-refractivity contribution in [2.45, 2.75) is 12.3 Å². The van der Waals surface area contributed by atoms with Gasteiger partial charge >= 0.3 is 0 Å². The van der Waals surface area contributed by atoms with Crippen LogP contribution in [-0.2, 0) is 6.42 Å². The van der Waals surface area contributed by atoms with Crippen LogP contribution in [-0.4, -0.2) is 10.3 Å². The molecule has 18 heavy (non-hydrogen) atoms. The summed E-state index contributed by atoms with van der Waals surface area (Å²) in [5, 5.41) is 2.35. The Morgan fingerprint density at radius 2 is 1.89 bits per heavy atom. The second-order valence-electron chi connectivity index (χ2n) is 4.04. The summed E-state index contributed by atoms with van der Waals surface area (Å²) in [6.45, 7) is 0. The van der Waals surface area contributed by atoms with Crippen LogP contribution in [0.3, 0.4) is 0 Å². The highest BCUT2D eigenvalue weighted by molar-refractivity contribution is 9.09. The first-order valence-electron chi connectivity index (χ1n) is 5.61. The van der Waals surface area contributed by atoms with Gasteiger partial charge < -0.3 is 0 Å². The van der Waals surface area contributed by atoms with E-state index in [-0.39, 0.29) is 0 Å². The van der Waals surface area contributed by atoms with Crippen molar-refractivity contribution in [3.63, 3.8) is 0 Å². The fraction of sp³-hybridized carbons (Fsp3) is 0.214. The lowest BCUT2D eigenvalue weighted by atomic mass is 9.94. The van der Waals surface area contributed by atoms with Crippen molar-refractivity contribution in [1.82, 2.24) is 4.98 Å². The molecule has 0 N–H and O–H groups in total. The van der Waals surface area contributed by atoms with Gasteiger partial charge in [-0.05, 0) is 35.6 Å². The molecule has 0 aliphatic carbocycles. The van der Waals surface area contributed by atoms with E-state index < -0.39 is 0 Å². The molecular formula is C14H12BrCl2N. The normalized spacial score (nSPS) is 12.4. The van der Waals surface area contributed by atoms with Crippen LogP contribution in [0.5, 0.6) is 0 Å². The molecule has 4 heteroatoms. The van der Waals surface area contributed by atoms with Crippen LogP contribution in [0.2, 0.25) is 10.0 Å². The number of alkyl halides is 1. The first kappa shape index (κ1) is 13.9. The van der Waals surface area contributed by atoms with Crippen molar-refractivity contribution in [2.75, 3.05) is 5.33 Å². The molecule has 1 unspecified atom stereocenters. The fourth-order valence-electron chi connectivity index (χ4n) is 1.89. The van der Waals surface area contributed by atoms with Crippen molar-refractivity contribution >= 4 is 39.1 Å². The molecule has 0 amide bonds. The fourth-order valence-corrected chi connectivity index (χ4v) is 2.95. The molecule has 2 rings (SSSR count). The monoisotopic (exact) mass is 343 g/mol. The van der Waals surface area contributed by atoms with Crippen LogP contribution in [0.25, 0.3) is 0 Å². The van der Waals surface area contributed by atoms with Crippen molar-refractivity contribution < 1.29 is 0 Å². The summed E-state index contributed by atoms with van der Waals surface area (Å²) < 4.78 is 0. The molecule has 0 spiro atoms. The highest BCUT2D eigenvalue weighted by Gasteiger charge is 2.15. The van der Waals surface area contributed by atoms with Crippen LogP contribution < -0.4 is 0 Å². The van der Waals surface area contributed by atoms with Gasteiger partial charge in [0, 0.05) is 22.7 Å². The van der Waals surface area contributed by atoms with Crippen LogP contribution >= 0.6 is 39.1 Å². The Bertz CT molecular complexity index is 531. The maximum Gasteiger partial charge on any atom is 0.0621 e. The van der Waals surface area contributed by atoms with Gasteiger partial charge in [-0.25, -0.2) is 0 Å². The molecule has 0 saturated carbocycles. The van der Waals surface area contributed by atoms with Crippen LogP contribution in [0.15, 0.2) is 42.7 Å². The third kappa shape index (κ3) is 3.25. The molecule has 2 aromatic rings. The van der Waals surface area contributed by atoms with E-state index >= 15 is 0 Å². The van der Waals surface area contributed by atoms with E-state index in [1.165, 1.54) is 0 Å². The number of benzene rings is 1. The molecule has 94 valence electrons. The zero-order valence-corrected chi connectivity index (χ0v) is 12.7. The van der Waals surface area contributed by atoms with Gasteiger partial charge in [0.05, 0.1) is 5.02 Å². The van der Waals surface area contributed by atoms with E-state index in [1.807, 2.05) is 24.3 Å². The third-order valence-corrected chi connectivity index (χ3v) is 4.32. The number of halogens is 3. The van der Waals surface area contributed by atoms with Crippen LogP contribution in [0.1, 0.15) is 17.0 Å². The Morgan fingerprint density at radius 3 is 2.56 bits per heavy atom. The summed E-state index contributed by atoms with van der Waals surface area (Å²) in [7, 11) is 0. The number of hydrogen-bond donors (Lipinski definition) is 0. The molecule has 0 radical (unpaired) electrons. The number of hydrogen-bond acceptors (Lipinski definition) is 1. The van der Waals surface area contributed by atoms with Gasteiger partial charge in [0.25, 0.3) is 0 Å². The van der Waals surface area contributed by atoms with Gasteiger partial charge in [0.1, 0.15) is 0 Å². The van der Waals surface area contributed by atoms with Gasteiger partial charge in [0.2, 0.25) is 0 Å². The Labute approximate surface area is 125 Å². The first-order chi connectivity index (χ1) is 8.72. The highest BCUT2D eigenvalue weighted by atomic mass is 79.9. The summed E-state index contributed by atoms with van der Waals surface area (Å²) in [5.41, 5.74) is 2.24. The average molecular weight is 345 g/mol. The van der Waals surface area contributed by atoms with Gasteiger partial charge in [-0.2, -0.15) is 0 Å². The minimum Gasteiger partial charge on any atom is -0.263 e. The van der Waals surface area contributed by atoms with E-state index in [9.17, 15) is 0 Å². The molecule has 0 aliphatic rings. The van der Waals surface area contributed by atoms with E-state index in [1.54, 1.807) is 12.4 Å². The van der Waals surface area contributed by atoms with Crippen LogP contribution in [0.4, 0.5) is 0 Å². The molecule has 1 aromatic carbocycles. The number of aromatic nitrogens is 1. The molecule has 0 bridgehead atoms. The van der Waals surface area contributed by atoms with E-state index in [4.69, 9.17) is 23.2 Å². The molecule has 0 saturated heterocycles. The highest BCUT2D eigenvalue weighted by Crippen LogP contribution is 2.30. The molecule has 0 fully saturated rings. The number of pyridine rings is 1. The van der Waals surface area contributed by atoms with Crippen molar-refractivity contribution in [3.8, 4) is 0 Å². The van der Waals surface area contributed by atoms with Crippen molar-refractivity contribution in [3.05, 3.63) is 63.9 Å². The average Bonchev–Trinajstić information content (AvgIpc) is 2.39. The Kier molecular flexibility index (Phi) is 5.04. The minimum absolute atomic E-state index is 0.304. The molecular weight excluding hydrogens is 333 g/mol. The quantitative estimate of drug-likeness (QED) is 0.702. The number of nitrogens with zero attached hydrogens (tertiary/aromatic N) is 1. The third-order valence-electron chi connectivity index (χ3n) is 2.85. The van der Waals surface area contributed by atoms with Gasteiger partial charge in [-0.1, -0.05) is 57.3 Å². The maximum atomic E-state index is 6.24. The molecule has 1 nitrogen and oxygen atoms in total. The maximum absolute atomic E-state index is 6.24. The SMILES string of the molecule is Clc1cnccc1CC(CBr)c1ccccc1Cl. The minimum atomic E-state index is 0.304. The van der Waals surface area contributed by atoms with Crippen LogP contribution in [0, 0.1) is 0 Å². The topological polar surface area (TPSA) is 12.9 Å². The number of rotatable bonds is 4. The zero-order valence-electron chi connectivity index (χ0n) is 9.61. The molecule has 1 aromatic heterocycles.